The Morgan fingerprint density at radius 3 is 2.74 bits per heavy atom. The van der Waals surface area contributed by atoms with Crippen molar-refractivity contribution < 1.29 is 0 Å². The summed E-state index contributed by atoms with van der Waals surface area (Å²) in [6.45, 7) is 5.20. The average Bonchev–Trinajstić information content (AvgIpc) is 3.18. The summed E-state index contributed by atoms with van der Waals surface area (Å²) in [5.74, 6) is 3.42. The number of aromatic nitrogens is 2. The fourth-order valence-corrected chi connectivity index (χ4v) is 5.20. The van der Waals surface area contributed by atoms with Gasteiger partial charge in [0.2, 0.25) is 0 Å². The Hall–Kier alpha value is -3.20. The van der Waals surface area contributed by atoms with E-state index in [1.165, 1.54) is 32.1 Å². The van der Waals surface area contributed by atoms with Gasteiger partial charge >= 0.3 is 0 Å². The minimum Gasteiger partial charge on any atom is -0.398 e. The summed E-state index contributed by atoms with van der Waals surface area (Å²) in [4.78, 5) is 5.13. The SMILES string of the molecule is C=C(NC1CCCCC1)c1nc(-c2cccc3c(N)cccc23)n2c1CB(C#N)CC2. The highest BCUT2D eigenvalue weighted by Crippen LogP contribution is 2.35. The summed E-state index contributed by atoms with van der Waals surface area (Å²) < 4.78 is 2.30. The quantitative estimate of drug-likeness (QED) is 0.478. The molecule has 0 bridgehead atoms. The molecule has 3 N–H and O–H groups in total. The number of rotatable bonds is 4. The molecule has 0 spiro atoms. The van der Waals surface area contributed by atoms with Gasteiger partial charge in [-0.05, 0) is 36.9 Å². The number of hydrogen-bond donors (Lipinski definition) is 2. The number of nitrogen functional groups attached to an aromatic ring is 1. The molecule has 0 radical (unpaired) electrons. The van der Waals surface area contributed by atoms with Crippen LogP contribution in [0.1, 0.15) is 43.5 Å². The summed E-state index contributed by atoms with van der Waals surface area (Å²) in [6.07, 6.45) is 7.80. The molecule has 0 atom stereocenters. The van der Waals surface area contributed by atoms with Gasteiger partial charge in [-0.15, -0.1) is 0 Å². The van der Waals surface area contributed by atoms with Crippen molar-refractivity contribution in [1.29, 1.82) is 5.26 Å². The molecule has 1 aliphatic heterocycles. The van der Waals surface area contributed by atoms with E-state index in [9.17, 15) is 5.26 Å². The maximum atomic E-state index is 9.57. The largest absolute Gasteiger partial charge is 0.398 e. The van der Waals surface area contributed by atoms with Crippen LogP contribution in [0.5, 0.6) is 0 Å². The molecule has 6 heteroatoms. The predicted octanol–water partition coefficient (Wildman–Crippen LogP) is 4.83. The number of nitrogens with zero attached hydrogens (tertiary/aromatic N) is 3. The molecule has 5 nitrogen and oxygen atoms in total. The Bertz CT molecular complexity index is 1180. The van der Waals surface area contributed by atoms with Crippen LogP contribution in [0.15, 0.2) is 43.0 Å². The Morgan fingerprint density at radius 1 is 1.16 bits per heavy atom. The van der Waals surface area contributed by atoms with Crippen LogP contribution in [0.25, 0.3) is 27.9 Å². The number of hydrogen-bond acceptors (Lipinski definition) is 4. The van der Waals surface area contributed by atoms with E-state index in [0.717, 1.165) is 64.1 Å². The van der Waals surface area contributed by atoms with E-state index in [0.29, 0.717) is 6.04 Å². The first-order valence-corrected chi connectivity index (χ1v) is 11.4. The van der Waals surface area contributed by atoms with E-state index >= 15 is 0 Å². The van der Waals surface area contributed by atoms with Crippen LogP contribution in [0.2, 0.25) is 6.32 Å². The van der Waals surface area contributed by atoms with E-state index in [4.69, 9.17) is 10.7 Å². The molecular formula is C25H28BN5. The second-order valence-corrected chi connectivity index (χ2v) is 8.91. The molecule has 2 aromatic carbocycles. The molecule has 0 unspecified atom stereocenters. The zero-order valence-corrected chi connectivity index (χ0v) is 17.9. The molecule has 1 fully saturated rings. The Kier molecular flexibility index (Phi) is 5.19. The first kappa shape index (κ1) is 19.7. The van der Waals surface area contributed by atoms with Crippen LogP contribution in [0.3, 0.4) is 0 Å². The molecule has 2 aliphatic rings. The summed E-state index contributed by atoms with van der Waals surface area (Å²) in [5, 5.41) is 15.4. The van der Waals surface area contributed by atoms with E-state index in [-0.39, 0.29) is 6.71 Å². The van der Waals surface area contributed by atoms with Crippen molar-refractivity contribution in [3.63, 3.8) is 0 Å². The highest BCUT2D eigenvalue weighted by Gasteiger charge is 2.30. The topological polar surface area (TPSA) is 79.7 Å². The Balaban J connectivity index is 1.60. The van der Waals surface area contributed by atoms with Gasteiger partial charge in [0.15, 0.2) is 0 Å². The van der Waals surface area contributed by atoms with Gasteiger partial charge in [0.1, 0.15) is 11.5 Å². The summed E-state index contributed by atoms with van der Waals surface area (Å²) in [5.41, 5.74) is 11.0. The number of nitrogens with two attached hydrogens (primary N) is 1. The minimum atomic E-state index is 0.0291. The number of fused-ring (bicyclic) bond motifs is 2. The average molecular weight is 409 g/mol. The lowest BCUT2D eigenvalue weighted by molar-refractivity contribution is 0.409. The lowest BCUT2D eigenvalue weighted by Crippen LogP contribution is -2.31. The molecule has 1 aliphatic carbocycles. The molecule has 0 saturated heterocycles. The van der Waals surface area contributed by atoms with Gasteiger partial charge in [0, 0.05) is 40.9 Å². The van der Waals surface area contributed by atoms with E-state index < -0.39 is 0 Å². The number of anilines is 1. The molecule has 156 valence electrons. The normalized spacial score (nSPS) is 16.7. The Morgan fingerprint density at radius 2 is 1.94 bits per heavy atom. The second-order valence-electron chi connectivity index (χ2n) is 8.91. The maximum absolute atomic E-state index is 9.57. The molecule has 1 aromatic heterocycles. The molecule has 1 saturated carbocycles. The van der Waals surface area contributed by atoms with Gasteiger partial charge in [-0.1, -0.05) is 56.2 Å². The van der Waals surface area contributed by atoms with Gasteiger partial charge in [0.25, 0.3) is 6.71 Å². The smallest absolute Gasteiger partial charge is 0.275 e. The predicted molar refractivity (Wildman–Crippen MR) is 129 cm³/mol. The monoisotopic (exact) mass is 409 g/mol. The number of nitriles is 1. The third kappa shape index (κ3) is 3.59. The number of nitrogens with one attached hydrogen (secondary N) is 1. The first-order valence-electron chi connectivity index (χ1n) is 11.4. The van der Waals surface area contributed by atoms with Crippen molar-refractivity contribution >= 4 is 28.9 Å². The lowest BCUT2D eigenvalue weighted by Gasteiger charge is -2.25. The van der Waals surface area contributed by atoms with Crippen LogP contribution in [0, 0.1) is 11.2 Å². The van der Waals surface area contributed by atoms with Gasteiger partial charge in [-0.25, -0.2) is 10.2 Å². The van der Waals surface area contributed by atoms with Gasteiger partial charge in [0.05, 0.1) is 5.70 Å². The maximum Gasteiger partial charge on any atom is 0.275 e. The molecule has 5 rings (SSSR count). The second kappa shape index (κ2) is 8.15. The van der Waals surface area contributed by atoms with Crippen LogP contribution in [0.4, 0.5) is 5.69 Å². The minimum absolute atomic E-state index is 0.0291. The fourth-order valence-electron chi connectivity index (χ4n) is 5.20. The highest BCUT2D eigenvalue weighted by atomic mass is 15.1. The van der Waals surface area contributed by atoms with Crippen molar-refractivity contribution in [2.45, 2.75) is 57.3 Å². The molecule has 0 amide bonds. The van der Waals surface area contributed by atoms with Crippen LogP contribution in [-0.2, 0) is 12.9 Å². The van der Waals surface area contributed by atoms with Crippen LogP contribution >= 0.6 is 0 Å². The van der Waals surface area contributed by atoms with Crippen molar-refractivity contribution in [2.75, 3.05) is 5.73 Å². The van der Waals surface area contributed by atoms with E-state index in [2.05, 4.69) is 40.6 Å². The molecule has 31 heavy (non-hydrogen) atoms. The van der Waals surface area contributed by atoms with Crippen molar-refractivity contribution in [3.05, 3.63) is 54.4 Å². The zero-order valence-electron chi connectivity index (χ0n) is 17.9. The van der Waals surface area contributed by atoms with Gasteiger partial charge < -0.3 is 15.6 Å². The zero-order chi connectivity index (χ0) is 21.4. The standard InChI is InChI=1S/C25H28BN5/c1-17(29-18-7-3-2-4-8-18)24-23-15-26(16-27)13-14-31(23)25(30-24)21-11-5-10-20-19(21)9-6-12-22(20)28/h5-6,9-12,18,29H,1-4,7-8,13-15,28H2. The molecule has 2 heterocycles. The number of imidazole rings is 1. The summed E-state index contributed by atoms with van der Waals surface area (Å²) >= 11 is 0. The third-order valence-electron chi connectivity index (χ3n) is 6.86. The van der Waals surface area contributed by atoms with Gasteiger partial charge in [-0.3, -0.25) is 0 Å². The fraction of sp³-hybridized carbons (Fsp3) is 0.360. The Labute approximate surface area is 184 Å². The van der Waals surface area contributed by atoms with E-state index in [1.54, 1.807) is 0 Å². The molecule has 3 aromatic rings. The van der Waals surface area contributed by atoms with Crippen molar-refractivity contribution in [2.24, 2.45) is 0 Å². The van der Waals surface area contributed by atoms with Crippen molar-refractivity contribution in [1.82, 2.24) is 14.9 Å². The summed E-state index contributed by atoms with van der Waals surface area (Å²) in [7, 11) is 0. The van der Waals surface area contributed by atoms with E-state index in [1.807, 2.05) is 18.2 Å². The highest BCUT2D eigenvalue weighted by molar-refractivity contribution is 6.66. The third-order valence-corrected chi connectivity index (χ3v) is 6.86. The van der Waals surface area contributed by atoms with Crippen molar-refractivity contribution in [3.8, 4) is 17.4 Å². The van der Waals surface area contributed by atoms with Gasteiger partial charge in [-0.2, -0.15) is 0 Å². The van der Waals surface area contributed by atoms with Crippen LogP contribution in [-0.4, -0.2) is 22.3 Å². The summed E-state index contributed by atoms with van der Waals surface area (Å²) in [6, 6.07) is 12.7. The first-order chi connectivity index (χ1) is 15.2. The molecular weight excluding hydrogens is 381 g/mol. The van der Waals surface area contributed by atoms with Crippen LogP contribution < -0.4 is 11.1 Å². The lowest BCUT2D eigenvalue weighted by atomic mass is 9.45. The number of benzene rings is 2.